The van der Waals surface area contributed by atoms with Crippen LogP contribution in [0.4, 0.5) is 0 Å². The van der Waals surface area contributed by atoms with E-state index in [0.29, 0.717) is 22.5 Å². The molecule has 0 aromatic heterocycles. The fraction of sp³-hybridized carbons (Fsp3) is 0.368. The van der Waals surface area contributed by atoms with Crippen molar-refractivity contribution in [3.63, 3.8) is 0 Å². The van der Waals surface area contributed by atoms with Crippen LogP contribution < -0.4 is 5.32 Å². The summed E-state index contributed by atoms with van der Waals surface area (Å²) < 4.78 is 9.92. The van der Waals surface area contributed by atoms with Gasteiger partial charge in [-0.3, -0.25) is 0 Å². The quantitative estimate of drug-likeness (QED) is 0.861. The molecular formula is C19H23NO4. The zero-order valence-corrected chi connectivity index (χ0v) is 14.7. The zero-order chi connectivity index (χ0) is 17.9. The van der Waals surface area contributed by atoms with Crippen molar-refractivity contribution in [2.75, 3.05) is 14.2 Å². The van der Waals surface area contributed by atoms with E-state index in [2.05, 4.69) is 5.32 Å². The summed E-state index contributed by atoms with van der Waals surface area (Å²) in [5.74, 6) is -1.42. The summed E-state index contributed by atoms with van der Waals surface area (Å²) in [5, 5.41) is 3.10. The van der Waals surface area contributed by atoms with Crippen LogP contribution >= 0.6 is 0 Å². The summed E-state index contributed by atoms with van der Waals surface area (Å²) in [6, 6.07) is 9.79. The second-order valence-corrected chi connectivity index (χ2v) is 5.86. The molecule has 1 aliphatic rings. The fourth-order valence-corrected chi connectivity index (χ4v) is 3.26. The van der Waals surface area contributed by atoms with Gasteiger partial charge in [-0.15, -0.1) is 0 Å². The van der Waals surface area contributed by atoms with Crippen LogP contribution in [0.1, 0.15) is 32.3 Å². The van der Waals surface area contributed by atoms with Crippen molar-refractivity contribution in [1.82, 2.24) is 5.32 Å². The van der Waals surface area contributed by atoms with E-state index in [-0.39, 0.29) is 5.92 Å². The normalized spacial score (nSPS) is 16.5. The first-order chi connectivity index (χ1) is 11.4. The molecule has 1 unspecified atom stereocenters. The number of benzene rings is 1. The molecule has 0 aliphatic carbocycles. The monoisotopic (exact) mass is 329 g/mol. The topological polar surface area (TPSA) is 64.6 Å². The van der Waals surface area contributed by atoms with E-state index < -0.39 is 17.9 Å². The average Bonchev–Trinajstić information content (AvgIpc) is 2.60. The number of hydrogen-bond donors (Lipinski definition) is 1. The third kappa shape index (κ3) is 3.20. The number of allylic oxidation sites excluding steroid dienone is 2. The highest BCUT2D eigenvalue weighted by Gasteiger charge is 2.39. The molecule has 0 saturated carbocycles. The van der Waals surface area contributed by atoms with E-state index in [9.17, 15) is 9.59 Å². The highest BCUT2D eigenvalue weighted by Crippen LogP contribution is 2.40. The second kappa shape index (κ2) is 7.34. The molecule has 24 heavy (non-hydrogen) atoms. The predicted octanol–water partition coefficient (Wildman–Crippen LogP) is 2.90. The van der Waals surface area contributed by atoms with E-state index in [0.717, 1.165) is 5.56 Å². The van der Waals surface area contributed by atoms with Crippen LogP contribution in [-0.2, 0) is 19.1 Å². The Labute approximate surface area is 142 Å². The van der Waals surface area contributed by atoms with Crippen molar-refractivity contribution >= 4 is 11.9 Å². The van der Waals surface area contributed by atoms with Gasteiger partial charge in [-0.2, -0.15) is 0 Å². The molecule has 1 aromatic carbocycles. The minimum Gasteiger partial charge on any atom is -0.466 e. The lowest BCUT2D eigenvalue weighted by Crippen LogP contribution is -2.35. The minimum absolute atomic E-state index is 0.0959. The van der Waals surface area contributed by atoms with Gasteiger partial charge in [0, 0.05) is 17.3 Å². The Kier molecular flexibility index (Phi) is 5.44. The van der Waals surface area contributed by atoms with Gasteiger partial charge in [-0.05, 0) is 25.3 Å². The second-order valence-electron chi connectivity index (χ2n) is 5.86. The Morgan fingerprint density at radius 2 is 1.42 bits per heavy atom. The van der Waals surface area contributed by atoms with Crippen LogP contribution in [0, 0.1) is 5.92 Å². The molecule has 1 aliphatic heterocycles. The Balaban J connectivity index is 2.61. The standard InChI is InChI=1S/C19H23NO4/c1-11(14-9-7-6-8-10-14)15-16(18(21)23-4)12(2)20-13(3)17(15)19(22)24-5/h6-11,15,20H,1-5H3. The van der Waals surface area contributed by atoms with Crippen LogP contribution in [0.5, 0.6) is 0 Å². The lowest BCUT2D eigenvalue weighted by Gasteiger charge is -2.33. The van der Waals surface area contributed by atoms with Crippen molar-refractivity contribution in [3.05, 3.63) is 58.4 Å². The molecule has 1 aromatic rings. The minimum atomic E-state index is -0.443. The summed E-state index contributed by atoms with van der Waals surface area (Å²) in [4.78, 5) is 24.8. The number of nitrogens with one attached hydrogen (secondary N) is 1. The summed E-state index contributed by atoms with van der Waals surface area (Å²) in [5.41, 5.74) is 3.34. The van der Waals surface area contributed by atoms with Gasteiger partial charge in [0.25, 0.3) is 0 Å². The summed E-state index contributed by atoms with van der Waals surface area (Å²) in [7, 11) is 2.69. The third-order valence-electron chi connectivity index (χ3n) is 4.44. The number of rotatable bonds is 4. The maximum absolute atomic E-state index is 12.4. The first-order valence-electron chi connectivity index (χ1n) is 7.82. The van der Waals surface area contributed by atoms with Crippen molar-refractivity contribution in [2.45, 2.75) is 26.7 Å². The number of dihydropyridines is 1. The molecular weight excluding hydrogens is 306 g/mol. The maximum Gasteiger partial charge on any atom is 0.336 e. The van der Waals surface area contributed by atoms with Crippen LogP contribution in [0.25, 0.3) is 0 Å². The van der Waals surface area contributed by atoms with Gasteiger partial charge >= 0.3 is 11.9 Å². The summed E-state index contributed by atoms with van der Waals surface area (Å²) in [6.07, 6.45) is 0. The SMILES string of the molecule is COC(=O)C1=C(C)NC(C)=C(C(=O)OC)C1C(C)c1ccccc1. The Hall–Kier alpha value is -2.56. The van der Waals surface area contributed by atoms with Gasteiger partial charge in [0.05, 0.1) is 25.4 Å². The molecule has 0 saturated heterocycles. The van der Waals surface area contributed by atoms with Crippen LogP contribution in [0.2, 0.25) is 0 Å². The summed E-state index contributed by atoms with van der Waals surface area (Å²) >= 11 is 0. The molecule has 0 amide bonds. The molecule has 0 bridgehead atoms. The molecule has 5 heteroatoms. The zero-order valence-electron chi connectivity index (χ0n) is 14.7. The Morgan fingerprint density at radius 3 is 1.83 bits per heavy atom. The molecule has 1 N–H and O–H groups in total. The first-order valence-corrected chi connectivity index (χ1v) is 7.82. The number of ether oxygens (including phenoxy) is 2. The number of methoxy groups -OCH3 is 2. The van der Waals surface area contributed by atoms with E-state index in [1.165, 1.54) is 14.2 Å². The van der Waals surface area contributed by atoms with Crippen molar-refractivity contribution in [3.8, 4) is 0 Å². The van der Waals surface area contributed by atoms with Crippen LogP contribution in [-0.4, -0.2) is 26.2 Å². The Morgan fingerprint density at radius 1 is 0.958 bits per heavy atom. The molecule has 1 heterocycles. The highest BCUT2D eigenvalue weighted by molar-refractivity contribution is 5.98. The van der Waals surface area contributed by atoms with Crippen molar-refractivity contribution in [1.29, 1.82) is 0 Å². The molecule has 0 spiro atoms. The van der Waals surface area contributed by atoms with Crippen molar-refractivity contribution in [2.24, 2.45) is 5.92 Å². The molecule has 1 atom stereocenters. The van der Waals surface area contributed by atoms with Crippen LogP contribution in [0.15, 0.2) is 52.9 Å². The van der Waals surface area contributed by atoms with Crippen LogP contribution in [0.3, 0.4) is 0 Å². The van der Waals surface area contributed by atoms with Gasteiger partial charge in [0.2, 0.25) is 0 Å². The molecule has 128 valence electrons. The molecule has 0 fully saturated rings. The fourth-order valence-electron chi connectivity index (χ4n) is 3.26. The van der Waals surface area contributed by atoms with E-state index in [1.54, 1.807) is 0 Å². The lowest BCUT2D eigenvalue weighted by atomic mass is 9.74. The number of carbonyl (C=O) groups is 2. The first kappa shape index (κ1) is 17.8. The maximum atomic E-state index is 12.4. The molecule has 2 rings (SSSR count). The smallest absolute Gasteiger partial charge is 0.336 e. The third-order valence-corrected chi connectivity index (χ3v) is 4.44. The van der Waals surface area contributed by atoms with E-state index in [4.69, 9.17) is 9.47 Å². The number of carbonyl (C=O) groups excluding carboxylic acids is 2. The highest BCUT2D eigenvalue weighted by atomic mass is 16.5. The van der Waals surface area contributed by atoms with Gasteiger partial charge < -0.3 is 14.8 Å². The summed E-state index contributed by atoms with van der Waals surface area (Å²) in [6.45, 7) is 5.63. The van der Waals surface area contributed by atoms with Gasteiger partial charge in [-0.25, -0.2) is 9.59 Å². The van der Waals surface area contributed by atoms with E-state index in [1.807, 2.05) is 51.1 Å². The van der Waals surface area contributed by atoms with Gasteiger partial charge in [-0.1, -0.05) is 37.3 Å². The molecule has 5 nitrogen and oxygen atoms in total. The average molecular weight is 329 g/mol. The van der Waals surface area contributed by atoms with Gasteiger partial charge in [0.1, 0.15) is 0 Å². The number of esters is 2. The number of hydrogen-bond acceptors (Lipinski definition) is 5. The van der Waals surface area contributed by atoms with Crippen molar-refractivity contribution < 1.29 is 19.1 Å². The molecule has 0 radical (unpaired) electrons. The van der Waals surface area contributed by atoms with E-state index >= 15 is 0 Å². The lowest BCUT2D eigenvalue weighted by molar-refractivity contribution is -0.137. The Bertz CT molecular complexity index is 665. The van der Waals surface area contributed by atoms with Gasteiger partial charge in [0.15, 0.2) is 0 Å². The predicted molar refractivity (Wildman–Crippen MR) is 90.9 cm³/mol. The largest absolute Gasteiger partial charge is 0.466 e.